The topological polar surface area (TPSA) is 20.2 Å². The van der Waals surface area contributed by atoms with Gasteiger partial charge < -0.3 is 5.11 Å². The van der Waals surface area contributed by atoms with Crippen LogP contribution in [0.25, 0.3) is 0 Å². The van der Waals surface area contributed by atoms with Gasteiger partial charge in [0.15, 0.2) is 0 Å². The van der Waals surface area contributed by atoms with Crippen molar-refractivity contribution in [1.29, 1.82) is 0 Å². The average molecular weight is 203 g/mol. The Kier molecular flexibility index (Phi) is 3.11. The molecule has 1 fully saturated rings. The molecule has 1 unspecified atom stereocenters. The van der Waals surface area contributed by atoms with Crippen LogP contribution < -0.4 is 0 Å². The Hall–Kier alpha value is -0.820. The van der Waals surface area contributed by atoms with Gasteiger partial charge in [-0.15, -0.1) is 0 Å². The van der Waals surface area contributed by atoms with Gasteiger partial charge in [0.05, 0.1) is 6.10 Å². The molecule has 0 saturated heterocycles. The fraction of sp³-hybridized carbons (Fsp3) is 0.571. The summed E-state index contributed by atoms with van der Waals surface area (Å²) in [6.45, 7) is 2.20. The molecule has 81 valence electrons. The van der Waals surface area contributed by atoms with Crippen LogP contribution in [0.3, 0.4) is 0 Å². The number of benzene rings is 1. The molecule has 1 aliphatic rings. The molecule has 1 aromatic rings. The third-order valence-corrected chi connectivity index (χ3v) is 3.70. The SMILES string of the molecule is CCCC1(C(O)c2[c]cccc2)CCC1. The van der Waals surface area contributed by atoms with Gasteiger partial charge in [-0.25, -0.2) is 0 Å². The van der Waals surface area contributed by atoms with Crippen molar-refractivity contribution in [3.63, 3.8) is 0 Å². The van der Waals surface area contributed by atoms with Crippen LogP contribution in [0.2, 0.25) is 0 Å². The van der Waals surface area contributed by atoms with Gasteiger partial charge in [0.2, 0.25) is 0 Å². The monoisotopic (exact) mass is 203 g/mol. The summed E-state index contributed by atoms with van der Waals surface area (Å²) in [5.41, 5.74) is 1.12. The molecule has 1 aliphatic carbocycles. The average Bonchev–Trinajstić information content (AvgIpc) is 2.24. The summed E-state index contributed by atoms with van der Waals surface area (Å²) in [5, 5.41) is 10.4. The molecule has 0 amide bonds. The highest BCUT2D eigenvalue weighted by Crippen LogP contribution is 2.53. The molecule has 2 rings (SSSR count). The van der Waals surface area contributed by atoms with E-state index in [9.17, 15) is 5.11 Å². The van der Waals surface area contributed by atoms with Crippen molar-refractivity contribution in [3.05, 3.63) is 35.9 Å². The van der Waals surface area contributed by atoms with E-state index >= 15 is 0 Å². The minimum absolute atomic E-state index is 0.159. The summed E-state index contributed by atoms with van der Waals surface area (Å²) in [6, 6.07) is 11.0. The summed E-state index contributed by atoms with van der Waals surface area (Å²) in [6.07, 6.45) is 5.59. The van der Waals surface area contributed by atoms with Crippen LogP contribution in [0.1, 0.15) is 50.7 Å². The summed E-state index contributed by atoms with van der Waals surface area (Å²) in [7, 11) is 0. The van der Waals surface area contributed by atoms with Gasteiger partial charge in [-0.05, 0) is 30.9 Å². The number of rotatable bonds is 4. The number of hydrogen-bond donors (Lipinski definition) is 1. The van der Waals surface area contributed by atoms with Crippen LogP contribution in [0.4, 0.5) is 0 Å². The lowest BCUT2D eigenvalue weighted by Gasteiger charge is -2.45. The highest BCUT2D eigenvalue weighted by Gasteiger charge is 2.42. The Labute approximate surface area is 92.1 Å². The van der Waals surface area contributed by atoms with Crippen LogP contribution in [0, 0.1) is 11.5 Å². The summed E-state index contributed by atoms with van der Waals surface area (Å²) in [4.78, 5) is 0. The van der Waals surface area contributed by atoms with Gasteiger partial charge in [0, 0.05) is 5.41 Å². The minimum Gasteiger partial charge on any atom is -0.388 e. The minimum atomic E-state index is -0.313. The molecule has 1 aromatic carbocycles. The normalized spacial score (nSPS) is 20.7. The zero-order valence-electron chi connectivity index (χ0n) is 9.37. The van der Waals surface area contributed by atoms with E-state index in [0.717, 1.165) is 18.4 Å². The molecule has 0 aromatic heterocycles. The summed E-state index contributed by atoms with van der Waals surface area (Å²) < 4.78 is 0. The van der Waals surface area contributed by atoms with E-state index in [1.807, 2.05) is 24.3 Å². The zero-order valence-corrected chi connectivity index (χ0v) is 9.37. The molecule has 1 radical (unpaired) electrons. The summed E-state index contributed by atoms with van der Waals surface area (Å²) in [5.74, 6) is 0. The maximum Gasteiger partial charge on any atom is 0.0852 e. The predicted molar refractivity (Wildman–Crippen MR) is 61.4 cm³/mol. The van der Waals surface area contributed by atoms with Crippen molar-refractivity contribution in [2.75, 3.05) is 0 Å². The molecule has 1 heteroatoms. The standard InChI is InChI=1S/C14H19O/c1-2-9-14(10-6-11-14)13(15)12-7-4-3-5-8-12/h3-5,7,13,15H,2,6,9-11H2,1H3. The largest absolute Gasteiger partial charge is 0.388 e. The number of aliphatic hydroxyl groups excluding tert-OH is 1. The molecule has 0 aliphatic heterocycles. The van der Waals surface area contributed by atoms with Crippen molar-refractivity contribution >= 4 is 0 Å². The number of aliphatic hydroxyl groups is 1. The Morgan fingerprint density at radius 1 is 1.47 bits per heavy atom. The molecule has 0 heterocycles. The highest BCUT2D eigenvalue weighted by atomic mass is 16.3. The predicted octanol–water partition coefficient (Wildman–Crippen LogP) is 3.49. The van der Waals surface area contributed by atoms with Crippen LogP contribution in [0.15, 0.2) is 24.3 Å². The van der Waals surface area contributed by atoms with Gasteiger partial charge >= 0.3 is 0 Å². The van der Waals surface area contributed by atoms with Crippen molar-refractivity contribution in [1.82, 2.24) is 0 Å². The van der Waals surface area contributed by atoms with Gasteiger partial charge in [0.25, 0.3) is 0 Å². The molecule has 15 heavy (non-hydrogen) atoms. The Morgan fingerprint density at radius 2 is 2.27 bits per heavy atom. The zero-order chi connectivity index (χ0) is 10.7. The third kappa shape index (κ3) is 1.93. The first kappa shape index (κ1) is 10.7. The first-order valence-corrected chi connectivity index (χ1v) is 5.93. The van der Waals surface area contributed by atoms with E-state index in [-0.39, 0.29) is 11.5 Å². The van der Waals surface area contributed by atoms with E-state index in [4.69, 9.17) is 0 Å². The first-order chi connectivity index (χ1) is 7.28. The lowest BCUT2D eigenvalue weighted by Crippen LogP contribution is -2.35. The highest BCUT2D eigenvalue weighted by molar-refractivity contribution is 5.19. The van der Waals surface area contributed by atoms with Crippen molar-refractivity contribution in [2.24, 2.45) is 5.41 Å². The van der Waals surface area contributed by atoms with E-state index in [0.29, 0.717) is 0 Å². The van der Waals surface area contributed by atoms with Crippen LogP contribution in [0.5, 0.6) is 0 Å². The van der Waals surface area contributed by atoms with Crippen LogP contribution >= 0.6 is 0 Å². The molecular weight excluding hydrogens is 184 g/mol. The molecule has 1 saturated carbocycles. The smallest absolute Gasteiger partial charge is 0.0852 e. The second-order valence-corrected chi connectivity index (χ2v) is 4.69. The van der Waals surface area contributed by atoms with Gasteiger partial charge in [-0.2, -0.15) is 0 Å². The van der Waals surface area contributed by atoms with Crippen LogP contribution in [-0.4, -0.2) is 5.11 Å². The van der Waals surface area contributed by atoms with Crippen molar-refractivity contribution in [3.8, 4) is 0 Å². The van der Waals surface area contributed by atoms with Gasteiger partial charge in [-0.1, -0.05) is 44.0 Å². The lowest BCUT2D eigenvalue weighted by atomic mass is 9.61. The van der Waals surface area contributed by atoms with E-state index in [1.165, 1.54) is 19.3 Å². The molecule has 1 atom stereocenters. The Balaban J connectivity index is 2.15. The van der Waals surface area contributed by atoms with E-state index in [1.54, 1.807) is 0 Å². The summed E-state index contributed by atoms with van der Waals surface area (Å²) >= 11 is 0. The second-order valence-electron chi connectivity index (χ2n) is 4.69. The Morgan fingerprint density at radius 3 is 2.73 bits per heavy atom. The van der Waals surface area contributed by atoms with Crippen molar-refractivity contribution < 1.29 is 5.11 Å². The quantitative estimate of drug-likeness (QED) is 0.794. The molecule has 0 bridgehead atoms. The van der Waals surface area contributed by atoms with Crippen molar-refractivity contribution in [2.45, 2.75) is 45.1 Å². The molecular formula is C14H19O. The molecule has 0 spiro atoms. The lowest BCUT2D eigenvalue weighted by molar-refractivity contribution is -0.0441. The van der Waals surface area contributed by atoms with Gasteiger partial charge in [-0.3, -0.25) is 0 Å². The number of hydrogen-bond acceptors (Lipinski definition) is 1. The maximum absolute atomic E-state index is 10.4. The van der Waals surface area contributed by atoms with E-state index < -0.39 is 0 Å². The van der Waals surface area contributed by atoms with Gasteiger partial charge in [0.1, 0.15) is 0 Å². The fourth-order valence-corrected chi connectivity index (χ4v) is 2.70. The van der Waals surface area contributed by atoms with E-state index in [2.05, 4.69) is 13.0 Å². The molecule has 1 N–H and O–H groups in total. The Bertz CT molecular complexity index is 300. The maximum atomic E-state index is 10.4. The van der Waals surface area contributed by atoms with Crippen LogP contribution in [-0.2, 0) is 0 Å². The third-order valence-electron chi connectivity index (χ3n) is 3.70. The fourth-order valence-electron chi connectivity index (χ4n) is 2.70. The first-order valence-electron chi connectivity index (χ1n) is 5.93. The molecule has 1 nitrogen and oxygen atoms in total. The second kappa shape index (κ2) is 4.36.